The molecular weight excluding hydrogens is 354 g/mol. The Morgan fingerprint density at radius 2 is 1.75 bits per heavy atom. The standard InChI is InChI=1S/C23H23NO4/c1-3-24(20-11-7-9-18-8-5-6-10-19(18)20)23(26)16-28-21-13-12-17(15-25)14-22(21)27-4-2/h5-15H,3-4,16H2,1-2H3. The van der Waals surface area contributed by atoms with Crippen molar-refractivity contribution in [3.05, 3.63) is 66.2 Å². The van der Waals surface area contributed by atoms with E-state index in [2.05, 4.69) is 0 Å². The quantitative estimate of drug-likeness (QED) is 0.543. The van der Waals surface area contributed by atoms with Gasteiger partial charge in [-0.05, 0) is 43.5 Å². The van der Waals surface area contributed by atoms with Crippen molar-refractivity contribution in [3.8, 4) is 11.5 Å². The molecule has 0 aliphatic heterocycles. The van der Waals surface area contributed by atoms with Crippen LogP contribution in [0.2, 0.25) is 0 Å². The first-order valence-corrected chi connectivity index (χ1v) is 9.30. The molecule has 0 saturated heterocycles. The Bertz CT molecular complexity index is 978. The van der Waals surface area contributed by atoms with Crippen LogP contribution in [0.25, 0.3) is 10.8 Å². The van der Waals surface area contributed by atoms with Gasteiger partial charge in [0.25, 0.3) is 5.91 Å². The maximum atomic E-state index is 12.9. The molecular formula is C23H23NO4. The number of amides is 1. The summed E-state index contributed by atoms with van der Waals surface area (Å²) in [7, 11) is 0. The van der Waals surface area contributed by atoms with Crippen LogP contribution < -0.4 is 14.4 Å². The number of anilines is 1. The minimum Gasteiger partial charge on any atom is -0.490 e. The molecule has 0 atom stereocenters. The van der Waals surface area contributed by atoms with Gasteiger partial charge < -0.3 is 14.4 Å². The number of rotatable bonds is 8. The first-order valence-electron chi connectivity index (χ1n) is 9.30. The molecule has 5 nitrogen and oxygen atoms in total. The van der Waals surface area contributed by atoms with Crippen LogP contribution in [0.1, 0.15) is 24.2 Å². The number of hydrogen-bond donors (Lipinski definition) is 0. The Balaban J connectivity index is 1.81. The van der Waals surface area contributed by atoms with Crippen LogP contribution in [0, 0.1) is 0 Å². The lowest BCUT2D eigenvalue weighted by molar-refractivity contribution is -0.120. The largest absolute Gasteiger partial charge is 0.490 e. The average Bonchev–Trinajstić information content (AvgIpc) is 2.73. The highest BCUT2D eigenvalue weighted by molar-refractivity contribution is 6.04. The summed E-state index contributed by atoms with van der Waals surface area (Å²) >= 11 is 0. The van der Waals surface area contributed by atoms with Gasteiger partial charge >= 0.3 is 0 Å². The number of hydrogen-bond acceptors (Lipinski definition) is 4. The number of carbonyl (C=O) groups excluding carboxylic acids is 2. The topological polar surface area (TPSA) is 55.8 Å². The summed E-state index contributed by atoms with van der Waals surface area (Å²) in [6.45, 7) is 4.62. The maximum absolute atomic E-state index is 12.9. The van der Waals surface area contributed by atoms with Crippen molar-refractivity contribution in [1.29, 1.82) is 0 Å². The van der Waals surface area contributed by atoms with E-state index >= 15 is 0 Å². The lowest BCUT2D eigenvalue weighted by atomic mass is 10.1. The number of aldehydes is 1. The summed E-state index contributed by atoms with van der Waals surface area (Å²) < 4.78 is 11.3. The zero-order chi connectivity index (χ0) is 19.9. The molecule has 3 aromatic rings. The molecule has 0 heterocycles. The van der Waals surface area contributed by atoms with Crippen molar-refractivity contribution < 1.29 is 19.1 Å². The molecule has 0 radical (unpaired) electrons. The van der Waals surface area contributed by atoms with E-state index in [9.17, 15) is 9.59 Å². The van der Waals surface area contributed by atoms with Crippen molar-refractivity contribution >= 4 is 28.7 Å². The van der Waals surface area contributed by atoms with Crippen molar-refractivity contribution in [2.24, 2.45) is 0 Å². The molecule has 0 bridgehead atoms. The highest BCUT2D eigenvalue weighted by atomic mass is 16.5. The van der Waals surface area contributed by atoms with Gasteiger partial charge in [-0.15, -0.1) is 0 Å². The Kier molecular flexibility index (Phi) is 6.27. The van der Waals surface area contributed by atoms with E-state index in [1.165, 1.54) is 0 Å². The normalized spacial score (nSPS) is 10.5. The van der Waals surface area contributed by atoms with Crippen LogP contribution in [0.15, 0.2) is 60.7 Å². The zero-order valence-corrected chi connectivity index (χ0v) is 16.1. The van der Waals surface area contributed by atoms with Gasteiger partial charge in [0.2, 0.25) is 0 Å². The monoisotopic (exact) mass is 377 g/mol. The Morgan fingerprint density at radius 1 is 0.964 bits per heavy atom. The summed E-state index contributed by atoms with van der Waals surface area (Å²) in [5.41, 5.74) is 1.35. The Labute approximate surface area is 164 Å². The second kappa shape index (κ2) is 9.04. The van der Waals surface area contributed by atoms with E-state index in [-0.39, 0.29) is 12.5 Å². The second-order valence-electron chi connectivity index (χ2n) is 6.18. The fraction of sp³-hybridized carbons (Fsp3) is 0.217. The van der Waals surface area contributed by atoms with Gasteiger partial charge in [0.1, 0.15) is 6.29 Å². The van der Waals surface area contributed by atoms with Gasteiger partial charge in [-0.1, -0.05) is 36.4 Å². The third kappa shape index (κ3) is 4.14. The molecule has 3 aromatic carbocycles. The molecule has 0 spiro atoms. The summed E-state index contributed by atoms with van der Waals surface area (Å²) in [5.74, 6) is 0.739. The summed E-state index contributed by atoms with van der Waals surface area (Å²) in [6.07, 6.45) is 0.747. The first-order chi connectivity index (χ1) is 13.7. The third-order valence-corrected chi connectivity index (χ3v) is 4.43. The summed E-state index contributed by atoms with van der Waals surface area (Å²) in [4.78, 5) is 25.6. The molecule has 3 rings (SSSR count). The van der Waals surface area contributed by atoms with Gasteiger partial charge in [-0.25, -0.2) is 0 Å². The number of benzene rings is 3. The lowest BCUT2D eigenvalue weighted by Crippen LogP contribution is -2.35. The van der Waals surface area contributed by atoms with E-state index in [1.807, 2.05) is 56.3 Å². The second-order valence-corrected chi connectivity index (χ2v) is 6.18. The molecule has 0 aliphatic carbocycles. The molecule has 5 heteroatoms. The van der Waals surface area contributed by atoms with Crippen LogP contribution in [-0.2, 0) is 4.79 Å². The number of fused-ring (bicyclic) bond motifs is 1. The van der Waals surface area contributed by atoms with Crippen LogP contribution >= 0.6 is 0 Å². The van der Waals surface area contributed by atoms with Crippen molar-refractivity contribution in [2.75, 3.05) is 24.7 Å². The van der Waals surface area contributed by atoms with Crippen molar-refractivity contribution in [2.45, 2.75) is 13.8 Å². The van der Waals surface area contributed by atoms with Crippen LogP contribution in [0.3, 0.4) is 0 Å². The van der Waals surface area contributed by atoms with E-state index in [0.29, 0.717) is 30.2 Å². The van der Waals surface area contributed by atoms with Crippen molar-refractivity contribution in [1.82, 2.24) is 0 Å². The van der Waals surface area contributed by atoms with Gasteiger partial charge in [-0.2, -0.15) is 0 Å². The molecule has 0 fully saturated rings. The molecule has 0 saturated carbocycles. The summed E-state index contributed by atoms with van der Waals surface area (Å²) in [5, 5.41) is 2.10. The van der Waals surface area contributed by atoms with E-state index in [4.69, 9.17) is 9.47 Å². The molecule has 0 aliphatic rings. The van der Waals surface area contributed by atoms with Crippen LogP contribution in [0.5, 0.6) is 11.5 Å². The average molecular weight is 377 g/mol. The summed E-state index contributed by atoms with van der Waals surface area (Å²) in [6, 6.07) is 18.8. The van der Waals surface area contributed by atoms with Crippen molar-refractivity contribution in [3.63, 3.8) is 0 Å². The molecule has 1 amide bonds. The predicted octanol–water partition coefficient (Wildman–Crippen LogP) is 4.48. The van der Waals surface area contributed by atoms with Crippen LogP contribution in [-0.4, -0.2) is 32.0 Å². The third-order valence-electron chi connectivity index (χ3n) is 4.43. The number of nitrogens with zero attached hydrogens (tertiary/aromatic N) is 1. The van der Waals surface area contributed by atoms with Crippen LogP contribution in [0.4, 0.5) is 5.69 Å². The number of carbonyl (C=O) groups is 2. The minimum absolute atomic E-state index is 0.127. The van der Waals surface area contributed by atoms with Gasteiger partial charge in [0.15, 0.2) is 18.1 Å². The van der Waals surface area contributed by atoms with Gasteiger partial charge in [0, 0.05) is 17.5 Å². The number of ether oxygens (including phenoxy) is 2. The fourth-order valence-corrected chi connectivity index (χ4v) is 3.13. The van der Waals surface area contributed by atoms with E-state index in [1.54, 1.807) is 23.1 Å². The fourth-order valence-electron chi connectivity index (χ4n) is 3.13. The zero-order valence-electron chi connectivity index (χ0n) is 16.1. The first kappa shape index (κ1) is 19.4. The Hall–Kier alpha value is -3.34. The SMILES string of the molecule is CCOc1cc(C=O)ccc1OCC(=O)N(CC)c1cccc2ccccc12. The molecule has 0 N–H and O–H groups in total. The van der Waals surface area contributed by atoms with Gasteiger partial charge in [-0.3, -0.25) is 9.59 Å². The smallest absolute Gasteiger partial charge is 0.264 e. The minimum atomic E-state index is -0.152. The molecule has 0 unspecified atom stereocenters. The highest BCUT2D eigenvalue weighted by Gasteiger charge is 2.18. The van der Waals surface area contributed by atoms with Gasteiger partial charge in [0.05, 0.1) is 12.3 Å². The molecule has 28 heavy (non-hydrogen) atoms. The molecule has 144 valence electrons. The predicted molar refractivity (Wildman–Crippen MR) is 110 cm³/mol. The Morgan fingerprint density at radius 3 is 2.50 bits per heavy atom. The van der Waals surface area contributed by atoms with E-state index < -0.39 is 0 Å². The van der Waals surface area contributed by atoms with E-state index in [0.717, 1.165) is 22.7 Å². The lowest BCUT2D eigenvalue weighted by Gasteiger charge is -2.23. The number of likely N-dealkylation sites (N-methyl/N-ethyl adjacent to an activating group) is 1. The molecule has 0 aromatic heterocycles. The maximum Gasteiger partial charge on any atom is 0.264 e. The highest BCUT2D eigenvalue weighted by Crippen LogP contribution is 2.29.